The lowest BCUT2D eigenvalue weighted by Crippen LogP contribution is -2.38. The molecule has 0 radical (unpaired) electrons. The van der Waals surface area contributed by atoms with Crippen LogP contribution < -0.4 is 5.73 Å². The Balaban J connectivity index is 1.81. The van der Waals surface area contributed by atoms with Crippen LogP contribution in [0.25, 0.3) is 0 Å². The Bertz CT molecular complexity index is 387. The number of ether oxygens (including phenoxy) is 1. The predicted octanol–water partition coefficient (Wildman–Crippen LogP) is 0.830. The average molecular weight is 235 g/mol. The lowest BCUT2D eigenvalue weighted by Gasteiger charge is -2.19. The van der Waals surface area contributed by atoms with E-state index >= 15 is 0 Å². The summed E-state index contributed by atoms with van der Waals surface area (Å²) in [5.41, 5.74) is 5.75. The van der Waals surface area contributed by atoms with E-state index in [1.807, 2.05) is 30.3 Å². The molecule has 1 aliphatic carbocycles. The topological polar surface area (TPSA) is 72.6 Å². The van der Waals surface area contributed by atoms with Gasteiger partial charge >= 0.3 is 0 Å². The number of nitrogens with two attached hydrogens (primary N) is 1. The minimum absolute atomic E-state index is 0.381. The van der Waals surface area contributed by atoms with E-state index in [-0.39, 0.29) is 0 Å². The molecule has 1 unspecified atom stereocenters. The van der Waals surface area contributed by atoms with Gasteiger partial charge in [-0.3, -0.25) is 4.79 Å². The molecule has 2 rings (SSSR count). The Labute approximate surface area is 100 Å². The zero-order chi connectivity index (χ0) is 12.3. The Kier molecular flexibility index (Phi) is 3.45. The van der Waals surface area contributed by atoms with Crippen LogP contribution >= 0.6 is 0 Å². The molecule has 1 aliphatic rings. The molecular formula is C13H17NO3. The summed E-state index contributed by atoms with van der Waals surface area (Å²) in [6.45, 7) is 0.875. The van der Waals surface area contributed by atoms with Crippen LogP contribution in [0.3, 0.4) is 0 Å². The molecule has 1 amide bonds. The highest BCUT2D eigenvalue weighted by atomic mass is 16.5. The fraction of sp³-hybridized carbons (Fsp3) is 0.462. The number of aliphatic hydroxyl groups is 1. The SMILES string of the molecule is NC(=O)C(O)C1(COCc2ccccc2)CC1. The first-order valence-electron chi connectivity index (χ1n) is 5.73. The van der Waals surface area contributed by atoms with E-state index in [4.69, 9.17) is 10.5 Å². The van der Waals surface area contributed by atoms with Crippen molar-refractivity contribution < 1.29 is 14.6 Å². The van der Waals surface area contributed by atoms with Gasteiger partial charge in [0.15, 0.2) is 0 Å². The van der Waals surface area contributed by atoms with Crippen molar-refractivity contribution in [3.63, 3.8) is 0 Å². The van der Waals surface area contributed by atoms with Crippen LogP contribution in [0.1, 0.15) is 18.4 Å². The fourth-order valence-corrected chi connectivity index (χ4v) is 1.91. The van der Waals surface area contributed by atoms with E-state index in [1.165, 1.54) is 0 Å². The van der Waals surface area contributed by atoms with Crippen molar-refractivity contribution in [2.45, 2.75) is 25.6 Å². The largest absolute Gasteiger partial charge is 0.383 e. The molecule has 1 fully saturated rings. The minimum atomic E-state index is -1.08. The van der Waals surface area contributed by atoms with Crippen molar-refractivity contribution in [1.29, 1.82) is 0 Å². The van der Waals surface area contributed by atoms with Gasteiger partial charge in [-0.2, -0.15) is 0 Å². The van der Waals surface area contributed by atoms with Gasteiger partial charge in [-0.15, -0.1) is 0 Å². The first kappa shape index (κ1) is 12.1. The Morgan fingerprint density at radius 3 is 2.59 bits per heavy atom. The summed E-state index contributed by atoms with van der Waals surface area (Å²) in [5.74, 6) is -0.661. The number of amides is 1. The van der Waals surface area contributed by atoms with Gasteiger partial charge < -0.3 is 15.6 Å². The van der Waals surface area contributed by atoms with E-state index in [0.717, 1.165) is 18.4 Å². The third-order valence-corrected chi connectivity index (χ3v) is 3.24. The van der Waals surface area contributed by atoms with Crippen LogP contribution in [0.2, 0.25) is 0 Å². The summed E-state index contributed by atoms with van der Waals surface area (Å²) >= 11 is 0. The monoisotopic (exact) mass is 235 g/mol. The average Bonchev–Trinajstić information content (AvgIpc) is 3.10. The van der Waals surface area contributed by atoms with Crippen molar-refractivity contribution in [3.05, 3.63) is 35.9 Å². The summed E-state index contributed by atoms with van der Waals surface area (Å²) in [7, 11) is 0. The molecule has 0 heterocycles. The highest BCUT2D eigenvalue weighted by molar-refractivity contribution is 5.80. The van der Waals surface area contributed by atoms with Crippen molar-refractivity contribution in [1.82, 2.24) is 0 Å². The normalized spacial score (nSPS) is 18.6. The van der Waals surface area contributed by atoms with Crippen LogP contribution in [0, 0.1) is 5.41 Å². The van der Waals surface area contributed by atoms with Gasteiger partial charge in [-0.1, -0.05) is 30.3 Å². The molecule has 0 bridgehead atoms. The Morgan fingerprint density at radius 1 is 1.41 bits per heavy atom. The number of carbonyl (C=O) groups excluding carboxylic acids is 1. The third kappa shape index (κ3) is 2.84. The molecule has 1 aromatic carbocycles. The van der Waals surface area contributed by atoms with Gasteiger partial charge in [0, 0.05) is 5.41 Å². The number of hydrogen-bond acceptors (Lipinski definition) is 3. The van der Waals surface area contributed by atoms with E-state index in [9.17, 15) is 9.90 Å². The number of carbonyl (C=O) groups is 1. The zero-order valence-electron chi connectivity index (χ0n) is 9.63. The quantitative estimate of drug-likeness (QED) is 0.767. The second-order valence-corrected chi connectivity index (χ2v) is 4.65. The molecule has 92 valence electrons. The van der Waals surface area contributed by atoms with Gasteiger partial charge in [0.2, 0.25) is 5.91 Å². The van der Waals surface area contributed by atoms with Crippen LogP contribution in [-0.4, -0.2) is 23.7 Å². The number of aliphatic hydroxyl groups excluding tert-OH is 1. The molecule has 1 aromatic rings. The summed E-state index contributed by atoms with van der Waals surface area (Å²) in [4.78, 5) is 10.9. The number of primary amides is 1. The van der Waals surface area contributed by atoms with Crippen LogP contribution in [0.4, 0.5) is 0 Å². The number of benzene rings is 1. The van der Waals surface area contributed by atoms with Gasteiger partial charge in [0.25, 0.3) is 0 Å². The second-order valence-electron chi connectivity index (χ2n) is 4.65. The standard InChI is InChI=1S/C13H17NO3/c14-12(16)11(15)13(6-7-13)9-17-8-10-4-2-1-3-5-10/h1-5,11,15H,6-9H2,(H2,14,16). The second kappa shape index (κ2) is 4.85. The number of hydrogen-bond donors (Lipinski definition) is 2. The molecule has 1 atom stereocenters. The maximum Gasteiger partial charge on any atom is 0.246 e. The smallest absolute Gasteiger partial charge is 0.246 e. The first-order valence-corrected chi connectivity index (χ1v) is 5.73. The fourth-order valence-electron chi connectivity index (χ4n) is 1.91. The van der Waals surface area contributed by atoms with E-state index in [0.29, 0.717) is 13.2 Å². The highest BCUT2D eigenvalue weighted by Gasteiger charge is 2.51. The van der Waals surface area contributed by atoms with Crippen LogP contribution in [-0.2, 0) is 16.1 Å². The van der Waals surface area contributed by atoms with Crippen molar-refractivity contribution >= 4 is 5.91 Å². The maximum atomic E-state index is 10.9. The molecule has 4 nitrogen and oxygen atoms in total. The zero-order valence-corrected chi connectivity index (χ0v) is 9.63. The lowest BCUT2D eigenvalue weighted by atomic mass is 10.00. The number of rotatable bonds is 6. The summed E-state index contributed by atoms with van der Waals surface area (Å²) in [5, 5.41) is 9.66. The Hall–Kier alpha value is -1.39. The molecule has 0 spiro atoms. The Morgan fingerprint density at radius 2 is 2.06 bits per heavy atom. The molecule has 0 aromatic heterocycles. The minimum Gasteiger partial charge on any atom is -0.383 e. The van der Waals surface area contributed by atoms with Gasteiger partial charge in [0.1, 0.15) is 6.10 Å². The van der Waals surface area contributed by atoms with Crippen LogP contribution in [0.5, 0.6) is 0 Å². The van der Waals surface area contributed by atoms with Gasteiger partial charge in [-0.25, -0.2) is 0 Å². The first-order chi connectivity index (χ1) is 8.14. The highest BCUT2D eigenvalue weighted by Crippen LogP contribution is 2.49. The van der Waals surface area contributed by atoms with E-state index < -0.39 is 17.4 Å². The summed E-state index contributed by atoms with van der Waals surface area (Å²) < 4.78 is 5.55. The molecule has 1 saturated carbocycles. The molecule has 17 heavy (non-hydrogen) atoms. The van der Waals surface area contributed by atoms with Gasteiger partial charge in [-0.05, 0) is 18.4 Å². The van der Waals surface area contributed by atoms with Crippen molar-refractivity contribution in [2.24, 2.45) is 11.1 Å². The molecule has 3 N–H and O–H groups in total. The molecule has 4 heteroatoms. The van der Waals surface area contributed by atoms with Crippen LogP contribution in [0.15, 0.2) is 30.3 Å². The van der Waals surface area contributed by atoms with Crippen molar-refractivity contribution in [3.8, 4) is 0 Å². The van der Waals surface area contributed by atoms with Crippen molar-refractivity contribution in [2.75, 3.05) is 6.61 Å². The third-order valence-electron chi connectivity index (χ3n) is 3.24. The van der Waals surface area contributed by atoms with E-state index in [1.54, 1.807) is 0 Å². The predicted molar refractivity (Wildman–Crippen MR) is 63.0 cm³/mol. The maximum absolute atomic E-state index is 10.9. The molecular weight excluding hydrogens is 218 g/mol. The van der Waals surface area contributed by atoms with Gasteiger partial charge in [0.05, 0.1) is 13.2 Å². The van der Waals surface area contributed by atoms with E-state index in [2.05, 4.69) is 0 Å². The molecule has 0 aliphatic heterocycles. The summed E-state index contributed by atoms with van der Waals surface area (Å²) in [6, 6.07) is 9.80. The lowest BCUT2D eigenvalue weighted by molar-refractivity contribution is -0.131. The molecule has 0 saturated heterocycles. The summed E-state index contributed by atoms with van der Waals surface area (Å²) in [6.07, 6.45) is 0.510.